The molecule has 2 heterocycles. The number of benzene rings is 1. The summed E-state index contributed by atoms with van der Waals surface area (Å²) in [6.45, 7) is 0. The summed E-state index contributed by atoms with van der Waals surface area (Å²) in [6, 6.07) is 11.7. The first-order valence-electron chi connectivity index (χ1n) is 7.10. The lowest BCUT2D eigenvalue weighted by Gasteiger charge is -2.03. The number of nitrogens with zero attached hydrogens (tertiary/aromatic N) is 3. The van der Waals surface area contributed by atoms with Crippen molar-refractivity contribution in [3.8, 4) is 11.4 Å². The molecule has 0 aliphatic heterocycles. The van der Waals surface area contributed by atoms with Crippen molar-refractivity contribution < 1.29 is 5.11 Å². The molecule has 22 heavy (non-hydrogen) atoms. The molecule has 0 aliphatic carbocycles. The third-order valence-electron chi connectivity index (χ3n) is 3.46. The number of aromatic hydroxyl groups is 1. The number of H-pyrrole nitrogens is 1. The summed E-state index contributed by atoms with van der Waals surface area (Å²) in [5.74, 6) is 0.172. The fraction of sp³-hybridized carbons (Fsp3) is 0.188. The van der Waals surface area contributed by atoms with Crippen LogP contribution < -0.4 is 0 Å². The van der Waals surface area contributed by atoms with Gasteiger partial charge in [0.15, 0.2) is 5.75 Å². The Kier molecular flexibility index (Phi) is 4.29. The van der Waals surface area contributed by atoms with Crippen molar-refractivity contribution in [2.45, 2.75) is 19.3 Å². The molecule has 0 saturated heterocycles. The molecule has 0 spiro atoms. The molecule has 2 aromatic heterocycles. The Bertz CT molecular complexity index is 810. The van der Waals surface area contributed by atoms with E-state index in [0.29, 0.717) is 4.64 Å². The van der Waals surface area contributed by atoms with Gasteiger partial charge in [0, 0.05) is 6.20 Å². The highest BCUT2D eigenvalue weighted by molar-refractivity contribution is 7.71. The molecule has 0 fully saturated rings. The second-order valence-corrected chi connectivity index (χ2v) is 5.43. The van der Waals surface area contributed by atoms with Crippen LogP contribution in [0.2, 0.25) is 0 Å². The zero-order chi connectivity index (χ0) is 15.4. The molecule has 3 aromatic rings. The number of rotatable bonds is 5. The van der Waals surface area contributed by atoms with Gasteiger partial charge in [0.1, 0.15) is 4.64 Å². The maximum atomic E-state index is 9.88. The summed E-state index contributed by atoms with van der Waals surface area (Å²) < 4.78 is 2.15. The lowest BCUT2D eigenvalue weighted by atomic mass is 10.1. The van der Waals surface area contributed by atoms with Crippen molar-refractivity contribution in [1.82, 2.24) is 20.0 Å². The van der Waals surface area contributed by atoms with Gasteiger partial charge < -0.3 is 10.1 Å². The first-order valence-corrected chi connectivity index (χ1v) is 7.51. The molecule has 5 nitrogen and oxygen atoms in total. The highest BCUT2D eigenvalue weighted by Gasteiger charge is 2.05. The number of nitrogens with one attached hydrogen (secondary N) is 1. The van der Waals surface area contributed by atoms with Gasteiger partial charge in [-0.25, -0.2) is 4.68 Å². The molecule has 0 radical (unpaired) electrons. The smallest absolute Gasteiger partial charge is 0.153 e. The zero-order valence-corrected chi connectivity index (χ0v) is 12.8. The average molecular weight is 312 g/mol. The van der Waals surface area contributed by atoms with E-state index in [1.54, 1.807) is 10.9 Å². The summed E-state index contributed by atoms with van der Waals surface area (Å²) in [5.41, 5.74) is 2.79. The van der Waals surface area contributed by atoms with Crippen LogP contribution in [-0.4, -0.2) is 25.1 Å². The van der Waals surface area contributed by atoms with Crippen LogP contribution in [0.4, 0.5) is 0 Å². The molecular formula is C16H16N4OS. The average Bonchev–Trinajstić information content (AvgIpc) is 3.01. The van der Waals surface area contributed by atoms with Crippen LogP contribution in [0.5, 0.6) is 5.75 Å². The SMILES string of the molecule is Oc1c(CCCc2cn(-c3ccccc3)nn2)cc[nH]c1=S. The minimum atomic E-state index is 0.172. The van der Waals surface area contributed by atoms with E-state index in [9.17, 15) is 5.11 Å². The van der Waals surface area contributed by atoms with Gasteiger partial charge in [-0.2, -0.15) is 0 Å². The van der Waals surface area contributed by atoms with Crippen LogP contribution >= 0.6 is 12.2 Å². The van der Waals surface area contributed by atoms with Crippen LogP contribution in [0.1, 0.15) is 17.7 Å². The van der Waals surface area contributed by atoms with Gasteiger partial charge in [0.2, 0.25) is 0 Å². The Labute approximate surface area is 133 Å². The number of aromatic nitrogens is 4. The molecule has 0 unspecified atom stereocenters. The van der Waals surface area contributed by atoms with Gasteiger partial charge in [-0.1, -0.05) is 35.6 Å². The van der Waals surface area contributed by atoms with E-state index in [4.69, 9.17) is 12.2 Å². The monoisotopic (exact) mass is 312 g/mol. The van der Waals surface area contributed by atoms with Crippen molar-refractivity contribution in [1.29, 1.82) is 0 Å². The molecule has 1 aromatic carbocycles. The molecule has 3 rings (SSSR count). The van der Waals surface area contributed by atoms with Gasteiger partial charge in [-0.3, -0.25) is 0 Å². The molecule has 0 bridgehead atoms. The fourth-order valence-electron chi connectivity index (χ4n) is 2.29. The summed E-state index contributed by atoms with van der Waals surface area (Å²) in [5, 5.41) is 18.2. The molecule has 2 N–H and O–H groups in total. The highest BCUT2D eigenvalue weighted by Crippen LogP contribution is 2.19. The predicted octanol–water partition coefficient (Wildman–Crippen LogP) is 3.21. The van der Waals surface area contributed by atoms with Gasteiger partial charge in [0.05, 0.1) is 17.6 Å². The van der Waals surface area contributed by atoms with E-state index in [2.05, 4.69) is 15.3 Å². The molecule has 112 valence electrons. The Balaban J connectivity index is 1.62. The van der Waals surface area contributed by atoms with E-state index in [-0.39, 0.29) is 5.75 Å². The molecule has 6 heteroatoms. The second kappa shape index (κ2) is 6.53. The van der Waals surface area contributed by atoms with Crippen molar-refractivity contribution in [2.24, 2.45) is 0 Å². The van der Waals surface area contributed by atoms with Crippen LogP contribution in [0.15, 0.2) is 48.8 Å². The third-order valence-corrected chi connectivity index (χ3v) is 3.77. The Morgan fingerprint density at radius 2 is 1.95 bits per heavy atom. The van der Waals surface area contributed by atoms with Gasteiger partial charge in [-0.05, 0) is 43.0 Å². The summed E-state index contributed by atoms with van der Waals surface area (Å²) >= 11 is 5.01. The number of aromatic amines is 1. The quantitative estimate of drug-likeness (QED) is 0.710. The minimum Gasteiger partial charge on any atom is -0.505 e. The lowest BCUT2D eigenvalue weighted by molar-refractivity contribution is 0.462. The number of pyridine rings is 1. The summed E-state index contributed by atoms with van der Waals surface area (Å²) in [4.78, 5) is 2.81. The fourth-order valence-corrected chi connectivity index (χ4v) is 2.49. The maximum Gasteiger partial charge on any atom is 0.153 e. The van der Waals surface area contributed by atoms with Crippen molar-refractivity contribution in [3.63, 3.8) is 0 Å². The molecule has 0 atom stereocenters. The van der Waals surface area contributed by atoms with Crippen molar-refractivity contribution in [3.05, 3.63) is 64.7 Å². The van der Waals surface area contributed by atoms with Crippen LogP contribution in [0.3, 0.4) is 0 Å². The normalized spacial score (nSPS) is 10.7. The number of hydrogen-bond acceptors (Lipinski definition) is 4. The van der Waals surface area contributed by atoms with Crippen LogP contribution in [0, 0.1) is 4.64 Å². The standard InChI is InChI=1S/C16H16N4OS/c21-15-12(9-10-17-16(15)22)5-4-6-13-11-20(19-18-13)14-7-2-1-3-8-14/h1-3,7-11,21H,4-6H2,(H,17,22). The van der Waals surface area contributed by atoms with E-state index in [1.165, 1.54) is 0 Å². The molecular weight excluding hydrogens is 296 g/mol. The Morgan fingerprint density at radius 3 is 2.77 bits per heavy atom. The topological polar surface area (TPSA) is 66.7 Å². The largest absolute Gasteiger partial charge is 0.505 e. The van der Waals surface area contributed by atoms with Crippen LogP contribution in [0.25, 0.3) is 5.69 Å². The third kappa shape index (κ3) is 3.23. The van der Waals surface area contributed by atoms with E-state index >= 15 is 0 Å². The Morgan fingerprint density at radius 1 is 1.14 bits per heavy atom. The minimum absolute atomic E-state index is 0.172. The Hall–Kier alpha value is -2.47. The number of para-hydroxylation sites is 1. The first-order chi connectivity index (χ1) is 10.7. The van der Waals surface area contributed by atoms with Crippen molar-refractivity contribution >= 4 is 12.2 Å². The molecule has 0 aliphatic rings. The number of hydrogen-bond donors (Lipinski definition) is 2. The van der Waals surface area contributed by atoms with Gasteiger partial charge in [-0.15, -0.1) is 5.10 Å². The highest BCUT2D eigenvalue weighted by atomic mass is 32.1. The zero-order valence-electron chi connectivity index (χ0n) is 11.9. The molecule has 0 saturated carbocycles. The number of aryl methyl sites for hydroxylation is 2. The van der Waals surface area contributed by atoms with Gasteiger partial charge >= 0.3 is 0 Å². The van der Waals surface area contributed by atoms with E-state index in [0.717, 1.165) is 36.2 Å². The lowest BCUT2D eigenvalue weighted by Crippen LogP contribution is -1.93. The van der Waals surface area contributed by atoms with E-state index in [1.807, 2.05) is 42.6 Å². The predicted molar refractivity (Wildman–Crippen MR) is 86.7 cm³/mol. The first kappa shape index (κ1) is 14.5. The van der Waals surface area contributed by atoms with Crippen molar-refractivity contribution in [2.75, 3.05) is 0 Å². The summed E-state index contributed by atoms with van der Waals surface area (Å²) in [6.07, 6.45) is 6.12. The second-order valence-electron chi connectivity index (χ2n) is 5.02. The van der Waals surface area contributed by atoms with E-state index < -0.39 is 0 Å². The summed E-state index contributed by atoms with van der Waals surface area (Å²) in [7, 11) is 0. The maximum absolute atomic E-state index is 9.88. The van der Waals surface area contributed by atoms with Gasteiger partial charge in [0.25, 0.3) is 0 Å². The van der Waals surface area contributed by atoms with Crippen LogP contribution in [-0.2, 0) is 12.8 Å². The molecule has 0 amide bonds.